The smallest absolute Gasteiger partial charge is 0.337 e. The third-order valence-corrected chi connectivity index (χ3v) is 4.92. The number of amides is 2. The van der Waals surface area contributed by atoms with Crippen molar-refractivity contribution in [3.05, 3.63) is 69.2 Å². The van der Waals surface area contributed by atoms with Crippen molar-refractivity contribution in [2.75, 3.05) is 12.0 Å². The molecule has 1 N–H and O–H groups in total. The second kappa shape index (κ2) is 8.04. The highest BCUT2D eigenvalue weighted by molar-refractivity contribution is 9.10. The molecule has 1 heterocycles. The minimum absolute atomic E-state index is 0.0265. The van der Waals surface area contributed by atoms with Gasteiger partial charge >= 0.3 is 5.97 Å². The summed E-state index contributed by atoms with van der Waals surface area (Å²) in [5.74, 6) is -1.55. The molecule has 3 rings (SSSR count). The Morgan fingerprint density at radius 1 is 1.18 bits per heavy atom. The number of rotatable bonds is 3. The first-order valence-corrected chi connectivity index (χ1v) is 9.38. The van der Waals surface area contributed by atoms with Crippen molar-refractivity contribution in [1.29, 1.82) is 0 Å². The third kappa shape index (κ3) is 3.88. The number of methoxy groups -OCH3 is 1. The van der Waals surface area contributed by atoms with Crippen LogP contribution < -0.4 is 10.2 Å². The number of hydrogen-bond donors (Lipinski definition) is 1. The highest BCUT2D eigenvalue weighted by atomic mass is 79.9. The van der Waals surface area contributed by atoms with Gasteiger partial charge in [-0.25, -0.2) is 4.79 Å². The van der Waals surface area contributed by atoms with E-state index in [9.17, 15) is 14.4 Å². The molecule has 28 heavy (non-hydrogen) atoms. The van der Waals surface area contributed by atoms with Gasteiger partial charge in [0.1, 0.15) is 5.57 Å². The summed E-state index contributed by atoms with van der Waals surface area (Å²) in [5, 5.41) is 2.58. The molecule has 0 aliphatic carbocycles. The minimum Gasteiger partial charge on any atom is -0.465 e. The maximum Gasteiger partial charge on any atom is 0.337 e. The zero-order chi connectivity index (χ0) is 20.4. The summed E-state index contributed by atoms with van der Waals surface area (Å²) in [6.07, 6.45) is 1.46. The van der Waals surface area contributed by atoms with E-state index < -0.39 is 17.8 Å². The Labute approximate surface area is 175 Å². The second-order valence-corrected chi connectivity index (χ2v) is 7.30. The van der Waals surface area contributed by atoms with Gasteiger partial charge in [-0.2, -0.15) is 0 Å². The number of nitrogens with one attached hydrogen (secondary N) is 1. The molecule has 0 bridgehead atoms. The topological polar surface area (TPSA) is 75.7 Å². The number of hydrogen-bond acceptors (Lipinski definition) is 5. The van der Waals surface area contributed by atoms with Gasteiger partial charge in [-0.05, 0) is 66.7 Å². The summed E-state index contributed by atoms with van der Waals surface area (Å²) in [7, 11) is 1.30. The van der Waals surface area contributed by atoms with E-state index in [0.29, 0.717) is 16.8 Å². The number of halogens is 1. The summed E-state index contributed by atoms with van der Waals surface area (Å²) < 4.78 is 5.53. The maximum atomic E-state index is 13.0. The number of carbonyl (C=O) groups excluding carboxylic acids is 3. The molecular formula is C20H15BrN2O4S. The number of benzene rings is 2. The predicted octanol–water partition coefficient (Wildman–Crippen LogP) is 3.38. The molecule has 2 amide bonds. The number of thiocarbonyl (C=S) groups is 1. The van der Waals surface area contributed by atoms with Crippen molar-refractivity contribution in [2.45, 2.75) is 6.92 Å². The Bertz CT molecular complexity index is 1030. The van der Waals surface area contributed by atoms with Gasteiger partial charge in [-0.15, -0.1) is 0 Å². The van der Waals surface area contributed by atoms with Gasteiger partial charge in [-0.3, -0.25) is 19.8 Å². The lowest BCUT2D eigenvalue weighted by atomic mass is 10.0. The molecule has 8 heteroatoms. The van der Waals surface area contributed by atoms with E-state index in [-0.39, 0.29) is 10.7 Å². The van der Waals surface area contributed by atoms with Gasteiger partial charge < -0.3 is 4.74 Å². The summed E-state index contributed by atoms with van der Waals surface area (Å²) in [4.78, 5) is 38.2. The zero-order valence-electron chi connectivity index (χ0n) is 15.0. The molecule has 0 atom stereocenters. The quantitative estimate of drug-likeness (QED) is 0.330. The van der Waals surface area contributed by atoms with E-state index in [1.54, 1.807) is 36.4 Å². The number of nitrogens with zero attached hydrogens (tertiary/aromatic N) is 1. The first-order valence-electron chi connectivity index (χ1n) is 8.18. The van der Waals surface area contributed by atoms with E-state index in [4.69, 9.17) is 12.2 Å². The highest BCUT2D eigenvalue weighted by Gasteiger charge is 2.35. The Kier molecular flexibility index (Phi) is 5.71. The van der Waals surface area contributed by atoms with Crippen LogP contribution in [0, 0.1) is 6.92 Å². The lowest BCUT2D eigenvalue weighted by molar-refractivity contribution is -0.122. The average Bonchev–Trinajstić information content (AvgIpc) is 2.66. The SMILES string of the molecule is COC(=O)c1ccc(C=C2C(=O)NC(=S)N(c3ccc(Br)cc3C)C2=O)cc1. The predicted molar refractivity (Wildman–Crippen MR) is 113 cm³/mol. The standard InChI is InChI=1S/C20H15BrN2O4S/c1-11-9-14(21)7-8-16(11)23-18(25)15(17(24)22-20(23)28)10-12-3-5-13(6-4-12)19(26)27-2/h3-10H,1-2H3,(H,22,24,28). The molecule has 2 aromatic rings. The molecule has 2 aromatic carbocycles. The van der Waals surface area contributed by atoms with Crippen molar-refractivity contribution >= 4 is 62.8 Å². The molecule has 1 saturated heterocycles. The van der Waals surface area contributed by atoms with Gasteiger partial charge in [0, 0.05) is 4.47 Å². The van der Waals surface area contributed by atoms with Crippen LogP contribution in [0.4, 0.5) is 5.69 Å². The molecule has 0 radical (unpaired) electrons. The second-order valence-electron chi connectivity index (χ2n) is 6.00. The number of anilines is 1. The van der Waals surface area contributed by atoms with Crippen LogP contribution in [0.1, 0.15) is 21.5 Å². The monoisotopic (exact) mass is 458 g/mol. The van der Waals surface area contributed by atoms with E-state index in [2.05, 4.69) is 26.0 Å². The van der Waals surface area contributed by atoms with Crippen LogP contribution in [0.25, 0.3) is 6.08 Å². The van der Waals surface area contributed by atoms with E-state index >= 15 is 0 Å². The molecule has 0 spiro atoms. The van der Waals surface area contributed by atoms with Gasteiger partial charge in [0.05, 0.1) is 18.4 Å². The van der Waals surface area contributed by atoms with Crippen LogP contribution in [0.5, 0.6) is 0 Å². The van der Waals surface area contributed by atoms with E-state index in [1.165, 1.54) is 18.1 Å². The fourth-order valence-corrected chi connectivity index (χ4v) is 3.50. The molecule has 1 fully saturated rings. The molecule has 0 aromatic heterocycles. The molecule has 0 unspecified atom stereocenters. The maximum absolute atomic E-state index is 13.0. The molecule has 0 saturated carbocycles. The number of aryl methyl sites for hydroxylation is 1. The van der Waals surface area contributed by atoms with Gasteiger partial charge in [0.25, 0.3) is 11.8 Å². The lowest BCUT2D eigenvalue weighted by Gasteiger charge is -2.30. The largest absolute Gasteiger partial charge is 0.465 e. The van der Waals surface area contributed by atoms with Crippen LogP contribution in [0.2, 0.25) is 0 Å². The van der Waals surface area contributed by atoms with Crippen LogP contribution in [0.3, 0.4) is 0 Å². The number of ether oxygens (including phenoxy) is 1. The fourth-order valence-electron chi connectivity index (χ4n) is 2.75. The first kappa shape index (κ1) is 19.9. The minimum atomic E-state index is -0.571. The number of carbonyl (C=O) groups is 3. The van der Waals surface area contributed by atoms with Gasteiger partial charge in [-0.1, -0.05) is 28.1 Å². The summed E-state index contributed by atoms with van der Waals surface area (Å²) >= 11 is 8.60. The molecule has 1 aliphatic rings. The average molecular weight is 459 g/mol. The fraction of sp³-hybridized carbons (Fsp3) is 0.100. The summed E-state index contributed by atoms with van der Waals surface area (Å²) in [5.41, 5.74) is 2.32. The van der Waals surface area contributed by atoms with Crippen LogP contribution in [-0.4, -0.2) is 30.0 Å². The van der Waals surface area contributed by atoms with Crippen LogP contribution in [0.15, 0.2) is 52.5 Å². The van der Waals surface area contributed by atoms with Crippen LogP contribution in [-0.2, 0) is 14.3 Å². The van der Waals surface area contributed by atoms with Gasteiger partial charge in [0.15, 0.2) is 5.11 Å². The van der Waals surface area contributed by atoms with E-state index in [0.717, 1.165) is 10.0 Å². The lowest BCUT2D eigenvalue weighted by Crippen LogP contribution is -2.54. The van der Waals surface area contributed by atoms with Crippen LogP contribution >= 0.6 is 28.1 Å². The summed E-state index contributed by atoms with van der Waals surface area (Å²) in [6, 6.07) is 11.8. The third-order valence-electron chi connectivity index (χ3n) is 4.14. The Hall–Kier alpha value is -2.84. The molecule has 142 valence electrons. The Morgan fingerprint density at radius 3 is 2.46 bits per heavy atom. The van der Waals surface area contributed by atoms with Crippen molar-refractivity contribution in [3.63, 3.8) is 0 Å². The highest BCUT2D eigenvalue weighted by Crippen LogP contribution is 2.27. The Balaban J connectivity index is 1.97. The Morgan fingerprint density at radius 2 is 1.86 bits per heavy atom. The van der Waals surface area contributed by atoms with E-state index in [1.807, 2.05) is 13.0 Å². The first-order chi connectivity index (χ1) is 13.3. The zero-order valence-corrected chi connectivity index (χ0v) is 17.4. The molecule has 1 aliphatic heterocycles. The van der Waals surface area contributed by atoms with Crippen molar-refractivity contribution in [3.8, 4) is 0 Å². The normalized spacial score (nSPS) is 15.6. The van der Waals surface area contributed by atoms with Gasteiger partial charge in [0.2, 0.25) is 0 Å². The van der Waals surface area contributed by atoms with Crippen molar-refractivity contribution in [1.82, 2.24) is 5.32 Å². The summed E-state index contributed by atoms with van der Waals surface area (Å²) in [6.45, 7) is 1.85. The number of esters is 1. The molecular weight excluding hydrogens is 444 g/mol. The van der Waals surface area contributed by atoms with Crippen molar-refractivity contribution < 1.29 is 19.1 Å². The molecule has 6 nitrogen and oxygen atoms in total. The van der Waals surface area contributed by atoms with Crippen molar-refractivity contribution in [2.24, 2.45) is 0 Å².